The second kappa shape index (κ2) is 9.90. The van der Waals surface area contributed by atoms with Crippen molar-refractivity contribution >= 4 is 39.9 Å². The van der Waals surface area contributed by atoms with Gasteiger partial charge in [0, 0.05) is 46.1 Å². The summed E-state index contributed by atoms with van der Waals surface area (Å²) in [6.45, 7) is 1.91. The molecule has 0 fully saturated rings. The first-order valence-electron chi connectivity index (χ1n) is 10.5. The van der Waals surface area contributed by atoms with Crippen molar-refractivity contribution in [1.82, 2.24) is 9.55 Å². The number of carbonyl (C=O) groups is 2. The van der Waals surface area contributed by atoms with E-state index in [9.17, 15) is 22.8 Å². The zero-order valence-electron chi connectivity index (χ0n) is 19.0. The first-order valence-corrected chi connectivity index (χ1v) is 10.9. The van der Waals surface area contributed by atoms with Crippen LogP contribution in [-0.4, -0.2) is 34.7 Å². The minimum Gasteiger partial charge on any atom is -0.481 e. The van der Waals surface area contributed by atoms with Crippen LogP contribution in [0, 0.1) is 6.92 Å². The molecule has 186 valence electrons. The Morgan fingerprint density at radius 2 is 1.81 bits per heavy atom. The lowest BCUT2D eigenvalue weighted by molar-refractivity contribution is -0.274. The summed E-state index contributed by atoms with van der Waals surface area (Å²) in [4.78, 5) is 30.1. The van der Waals surface area contributed by atoms with Gasteiger partial charge in [-0.05, 0) is 48.9 Å². The van der Waals surface area contributed by atoms with Gasteiger partial charge in [-0.25, -0.2) is 4.98 Å². The Bertz CT molecular complexity index is 1450. The first kappa shape index (κ1) is 25.1. The number of nitrogens with one attached hydrogen (secondary N) is 1. The molecule has 1 amide bonds. The van der Waals surface area contributed by atoms with Gasteiger partial charge in [-0.15, -0.1) is 13.2 Å². The Labute approximate surface area is 208 Å². The molecule has 4 aromatic rings. The molecule has 4 rings (SSSR count). The zero-order valence-corrected chi connectivity index (χ0v) is 19.8. The third-order valence-electron chi connectivity index (χ3n) is 5.42. The number of anilines is 1. The van der Waals surface area contributed by atoms with Crippen molar-refractivity contribution < 1.29 is 32.2 Å². The summed E-state index contributed by atoms with van der Waals surface area (Å²) in [6, 6.07) is 13.6. The van der Waals surface area contributed by atoms with Crippen LogP contribution in [-0.2, 0) is 11.3 Å². The van der Waals surface area contributed by atoms with Crippen molar-refractivity contribution in [3.8, 4) is 11.6 Å². The molecule has 2 heterocycles. The fourth-order valence-electron chi connectivity index (χ4n) is 3.82. The second-order valence-corrected chi connectivity index (χ2v) is 8.21. The quantitative estimate of drug-likeness (QED) is 0.248. The molecule has 7 nitrogen and oxygen atoms in total. The number of carbonyl (C=O) groups excluding carboxylic acids is 2. The number of fused-ring (bicyclic) bond motifs is 1. The number of alkyl halides is 3. The van der Waals surface area contributed by atoms with Crippen LogP contribution < -0.4 is 14.8 Å². The normalized spacial score (nSPS) is 11.4. The van der Waals surface area contributed by atoms with E-state index in [2.05, 4.69) is 15.0 Å². The predicted octanol–water partition coefficient (Wildman–Crippen LogP) is 5.78. The summed E-state index contributed by atoms with van der Waals surface area (Å²) < 4.78 is 49.4. The molecule has 0 saturated heterocycles. The lowest BCUT2D eigenvalue weighted by Crippen LogP contribution is -2.23. The van der Waals surface area contributed by atoms with Gasteiger partial charge in [0.1, 0.15) is 5.75 Å². The SMILES string of the molecule is COc1cc(NC(=O)C(=O)c2c(C)n(Cc3ccc(Cl)cc3)c3ccc(OC(F)(F)F)cc23)ccn1. The molecule has 11 heteroatoms. The average Bonchev–Trinajstić information content (AvgIpc) is 3.09. The van der Waals surface area contributed by atoms with Gasteiger partial charge in [-0.3, -0.25) is 9.59 Å². The highest BCUT2D eigenvalue weighted by Gasteiger charge is 2.32. The highest BCUT2D eigenvalue weighted by atomic mass is 35.5. The molecule has 36 heavy (non-hydrogen) atoms. The van der Waals surface area contributed by atoms with E-state index in [0.717, 1.165) is 17.7 Å². The summed E-state index contributed by atoms with van der Waals surface area (Å²) in [7, 11) is 1.40. The van der Waals surface area contributed by atoms with Crippen molar-refractivity contribution in [2.75, 3.05) is 12.4 Å². The topological polar surface area (TPSA) is 82.5 Å². The molecule has 0 aliphatic rings. The summed E-state index contributed by atoms with van der Waals surface area (Å²) in [5.41, 5.74) is 1.92. The van der Waals surface area contributed by atoms with Crippen LogP contribution >= 0.6 is 11.6 Å². The molecule has 0 radical (unpaired) electrons. The molecule has 0 saturated carbocycles. The Kier molecular flexibility index (Phi) is 6.89. The number of methoxy groups -OCH3 is 1. The van der Waals surface area contributed by atoms with E-state index in [1.54, 1.807) is 35.8 Å². The van der Waals surface area contributed by atoms with E-state index >= 15 is 0 Å². The Morgan fingerprint density at radius 3 is 2.47 bits per heavy atom. The van der Waals surface area contributed by atoms with Crippen LogP contribution in [0.15, 0.2) is 60.8 Å². The van der Waals surface area contributed by atoms with Gasteiger partial charge >= 0.3 is 6.36 Å². The first-order chi connectivity index (χ1) is 17.1. The Morgan fingerprint density at radius 1 is 1.08 bits per heavy atom. The number of ether oxygens (including phenoxy) is 2. The standard InChI is InChI=1S/C25H19ClF3N3O4/c1-14-22(23(33)24(34)31-17-9-10-30-21(11-17)35-2)19-12-18(36-25(27,28)29)7-8-20(19)32(14)13-15-3-5-16(26)6-4-15/h3-12H,13H2,1-2H3,(H,30,31,34). The molecule has 0 spiro atoms. The van der Waals surface area contributed by atoms with E-state index < -0.39 is 23.8 Å². The maximum absolute atomic E-state index is 13.3. The predicted molar refractivity (Wildman–Crippen MR) is 128 cm³/mol. The second-order valence-electron chi connectivity index (χ2n) is 7.77. The number of Topliss-reactive ketones (excluding diaryl/α,β-unsaturated/α-hetero) is 1. The van der Waals surface area contributed by atoms with Crippen molar-refractivity contribution in [3.05, 3.63) is 82.6 Å². The molecule has 0 aliphatic carbocycles. The number of pyridine rings is 1. The average molecular weight is 518 g/mol. The highest BCUT2D eigenvalue weighted by molar-refractivity contribution is 6.48. The molecule has 1 N–H and O–H groups in total. The van der Waals surface area contributed by atoms with Crippen LogP contribution in [0.3, 0.4) is 0 Å². The van der Waals surface area contributed by atoms with Gasteiger partial charge in [-0.2, -0.15) is 0 Å². The van der Waals surface area contributed by atoms with Gasteiger partial charge in [0.25, 0.3) is 11.7 Å². The maximum atomic E-state index is 13.3. The van der Waals surface area contributed by atoms with Crippen molar-refractivity contribution in [2.45, 2.75) is 19.8 Å². The number of amides is 1. The molecule has 2 aromatic heterocycles. The fraction of sp³-hybridized carbons (Fsp3) is 0.160. The number of benzene rings is 2. The third-order valence-corrected chi connectivity index (χ3v) is 5.67. The number of hydrogen-bond acceptors (Lipinski definition) is 5. The fourth-order valence-corrected chi connectivity index (χ4v) is 3.95. The summed E-state index contributed by atoms with van der Waals surface area (Å²) >= 11 is 5.96. The monoisotopic (exact) mass is 517 g/mol. The number of aromatic nitrogens is 2. The molecule has 0 bridgehead atoms. The number of hydrogen-bond donors (Lipinski definition) is 1. The van der Waals surface area contributed by atoms with Gasteiger partial charge in [0.05, 0.1) is 12.7 Å². The summed E-state index contributed by atoms with van der Waals surface area (Å²) in [5.74, 6) is -2.18. The van der Waals surface area contributed by atoms with E-state index in [0.29, 0.717) is 16.2 Å². The van der Waals surface area contributed by atoms with E-state index in [1.807, 2.05) is 0 Å². The van der Waals surface area contributed by atoms with Gasteiger partial charge in [0.2, 0.25) is 5.88 Å². The number of rotatable bonds is 7. The number of halogens is 4. The van der Waals surface area contributed by atoms with Crippen LogP contribution in [0.4, 0.5) is 18.9 Å². The molecule has 0 atom stereocenters. The summed E-state index contributed by atoms with van der Waals surface area (Å²) in [6.07, 6.45) is -3.53. The van der Waals surface area contributed by atoms with Crippen LogP contribution in [0.2, 0.25) is 5.02 Å². The molecular formula is C25H19ClF3N3O4. The van der Waals surface area contributed by atoms with Crippen LogP contribution in [0.1, 0.15) is 21.6 Å². The van der Waals surface area contributed by atoms with E-state index in [4.69, 9.17) is 16.3 Å². The largest absolute Gasteiger partial charge is 0.573 e. The van der Waals surface area contributed by atoms with Crippen molar-refractivity contribution in [2.24, 2.45) is 0 Å². The van der Waals surface area contributed by atoms with E-state index in [1.165, 1.54) is 31.5 Å². The molecule has 0 unspecified atom stereocenters. The van der Waals surface area contributed by atoms with E-state index in [-0.39, 0.29) is 29.1 Å². The molecule has 0 aliphatic heterocycles. The molecule has 2 aromatic carbocycles. The Hall–Kier alpha value is -4.05. The van der Waals surface area contributed by atoms with Crippen LogP contribution in [0.25, 0.3) is 10.9 Å². The van der Waals surface area contributed by atoms with Crippen LogP contribution in [0.5, 0.6) is 11.6 Å². The van der Waals surface area contributed by atoms with Gasteiger partial charge in [0.15, 0.2) is 0 Å². The van der Waals surface area contributed by atoms with Gasteiger partial charge < -0.3 is 19.4 Å². The number of ketones is 1. The lowest BCUT2D eigenvalue weighted by atomic mass is 10.1. The maximum Gasteiger partial charge on any atom is 0.573 e. The lowest BCUT2D eigenvalue weighted by Gasteiger charge is -2.10. The minimum atomic E-state index is -4.92. The smallest absolute Gasteiger partial charge is 0.481 e. The molecular weight excluding hydrogens is 499 g/mol. The minimum absolute atomic E-state index is 0.0369. The van der Waals surface area contributed by atoms with Crippen molar-refractivity contribution in [3.63, 3.8) is 0 Å². The van der Waals surface area contributed by atoms with Gasteiger partial charge in [-0.1, -0.05) is 23.7 Å². The number of nitrogens with zero attached hydrogens (tertiary/aromatic N) is 2. The zero-order chi connectivity index (χ0) is 26.0. The Balaban J connectivity index is 1.77. The summed E-state index contributed by atoms with van der Waals surface area (Å²) in [5, 5.41) is 3.17. The third kappa shape index (κ3) is 5.44. The highest BCUT2D eigenvalue weighted by Crippen LogP contribution is 2.33. The van der Waals surface area contributed by atoms with Crippen molar-refractivity contribution in [1.29, 1.82) is 0 Å².